The third kappa shape index (κ3) is 6.40. The molecule has 3 amide bonds. The summed E-state index contributed by atoms with van der Waals surface area (Å²) < 4.78 is 66.0. The lowest BCUT2D eigenvalue weighted by molar-refractivity contribution is -0.138. The summed E-state index contributed by atoms with van der Waals surface area (Å²) in [5.41, 5.74) is -0.0454. The van der Waals surface area contributed by atoms with E-state index in [1.165, 1.54) is 55.1 Å². The molecule has 0 spiro atoms. The molecule has 0 aliphatic carbocycles. The van der Waals surface area contributed by atoms with Gasteiger partial charge in [-0.3, -0.25) is 14.4 Å². The SMILES string of the molecule is CC(=O)Nc1ccc(S(=O)(=O)N2CCN(C(C)=O)CC2C(=O)NCc2ccc(C(F)(F)F)cc2)cc1. The van der Waals surface area contributed by atoms with Crippen LogP contribution in [0.5, 0.6) is 0 Å². The fourth-order valence-corrected chi connectivity index (χ4v) is 5.29. The van der Waals surface area contributed by atoms with Crippen LogP contribution in [0.4, 0.5) is 18.9 Å². The van der Waals surface area contributed by atoms with Gasteiger partial charge in [0.25, 0.3) is 0 Å². The Morgan fingerprint density at radius 2 is 1.58 bits per heavy atom. The Hall–Kier alpha value is -3.45. The number of carbonyl (C=O) groups excluding carboxylic acids is 3. The molecule has 1 atom stereocenters. The summed E-state index contributed by atoms with van der Waals surface area (Å²) in [5, 5.41) is 5.09. The molecule has 0 aromatic heterocycles. The first-order valence-corrected chi connectivity index (χ1v) is 12.3. The molecule has 0 radical (unpaired) electrons. The molecule has 2 N–H and O–H groups in total. The third-order valence-corrected chi connectivity index (χ3v) is 7.53. The second kappa shape index (κ2) is 10.7. The quantitative estimate of drug-likeness (QED) is 0.599. The van der Waals surface area contributed by atoms with Crippen molar-refractivity contribution in [3.63, 3.8) is 0 Å². The fourth-order valence-electron chi connectivity index (χ4n) is 3.72. The van der Waals surface area contributed by atoms with Crippen LogP contribution in [0.2, 0.25) is 0 Å². The number of nitrogens with zero attached hydrogens (tertiary/aromatic N) is 2. The number of nitrogens with one attached hydrogen (secondary N) is 2. The van der Waals surface area contributed by atoms with Gasteiger partial charge in [-0.1, -0.05) is 12.1 Å². The van der Waals surface area contributed by atoms with Gasteiger partial charge in [0.1, 0.15) is 6.04 Å². The number of sulfonamides is 1. The lowest BCUT2D eigenvalue weighted by Crippen LogP contribution is -2.61. The maximum atomic E-state index is 13.4. The fraction of sp³-hybridized carbons (Fsp3) is 0.348. The van der Waals surface area contributed by atoms with Crippen LogP contribution in [0.1, 0.15) is 25.0 Å². The average Bonchev–Trinajstić information content (AvgIpc) is 2.81. The lowest BCUT2D eigenvalue weighted by Gasteiger charge is -2.39. The number of halogens is 3. The van der Waals surface area contributed by atoms with Crippen molar-refractivity contribution in [3.8, 4) is 0 Å². The van der Waals surface area contributed by atoms with E-state index < -0.39 is 33.7 Å². The number of alkyl halides is 3. The molecule has 0 saturated carbocycles. The topological polar surface area (TPSA) is 116 Å². The predicted molar refractivity (Wildman–Crippen MR) is 124 cm³/mol. The Balaban J connectivity index is 1.80. The number of carbonyl (C=O) groups is 3. The highest BCUT2D eigenvalue weighted by molar-refractivity contribution is 7.89. The van der Waals surface area contributed by atoms with Crippen LogP contribution >= 0.6 is 0 Å². The van der Waals surface area contributed by atoms with Crippen molar-refractivity contribution in [2.75, 3.05) is 25.0 Å². The monoisotopic (exact) mass is 526 g/mol. The summed E-state index contributed by atoms with van der Waals surface area (Å²) in [6.07, 6.45) is -4.49. The van der Waals surface area contributed by atoms with Crippen LogP contribution in [0.3, 0.4) is 0 Å². The number of amides is 3. The van der Waals surface area contributed by atoms with Gasteiger partial charge in [0, 0.05) is 45.7 Å². The molecule has 3 rings (SSSR count). The van der Waals surface area contributed by atoms with E-state index in [2.05, 4.69) is 10.6 Å². The van der Waals surface area contributed by atoms with Crippen LogP contribution in [-0.2, 0) is 37.1 Å². The van der Waals surface area contributed by atoms with E-state index >= 15 is 0 Å². The standard InChI is InChI=1S/C23H25F3N4O5S/c1-15(31)28-19-7-9-20(10-8-19)36(34,35)30-12-11-29(16(2)32)14-21(30)22(33)27-13-17-3-5-18(6-4-17)23(24,25)26/h3-10,21H,11-14H2,1-2H3,(H,27,33)(H,28,31). The average molecular weight is 527 g/mol. The first kappa shape index (κ1) is 27.1. The van der Waals surface area contributed by atoms with Crippen LogP contribution in [0, 0.1) is 0 Å². The minimum atomic E-state index is -4.49. The van der Waals surface area contributed by atoms with Crippen LogP contribution in [0.25, 0.3) is 0 Å². The first-order chi connectivity index (χ1) is 16.8. The lowest BCUT2D eigenvalue weighted by atomic mass is 10.1. The van der Waals surface area contributed by atoms with Gasteiger partial charge in [-0.15, -0.1) is 0 Å². The van der Waals surface area contributed by atoms with Gasteiger partial charge in [-0.05, 0) is 42.0 Å². The summed E-state index contributed by atoms with van der Waals surface area (Å²) >= 11 is 0. The molecule has 1 heterocycles. The molecule has 2 aromatic rings. The molecule has 13 heteroatoms. The van der Waals surface area contributed by atoms with Crippen molar-refractivity contribution in [2.24, 2.45) is 0 Å². The number of hydrogen-bond donors (Lipinski definition) is 2. The van der Waals surface area contributed by atoms with Crippen molar-refractivity contribution < 1.29 is 36.0 Å². The van der Waals surface area contributed by atoms with Crippen molar-refractivity contribution in [2.45, 2.75) is 37.5 Å². The Labute approximate surface area is 206 Å². The van der Waals surface area contributed by atoms with Crippen molar-refractivity contribution >= 4 is 33.4 Å². The molecule has 1 aliphatic heterocycles. The normalized spacial score (nSPS) is 16.9. The zero-order valence-electron chi connectivity index (χ0n) is 19.5. The zero-order chi connectivity index (χ0) is 26.7. The summed E-state index contributed by atoms with van der Waals surface area (Å²) in [7, 11) is -4.16. The second-order valence-electron chi connectivity index (χ2n) is 8.21. The Morgan fingerprint density at radius 1 is 0.972 bits per heavy atom. The number of benzene rings is 2. The van der Waals surface area contributed by atoms with Gasteiger partial charge in [0.15, 0.2) is 0 Å². The smallest absolute Gasteiger partial charge is 0.351 e. The summed E-state index contributed by atoms with van der Waals surface area (Å²) in [6.45, 7) is 2.26. The highest BCUT2D eigenvalue weighted by Gasteiger charge is 2.40. The number of anilines is 1. The van der Waals surface area contributed by atoms with E-state index in [4.69, 9.17) is 0 Å². The molecule has 1 aliphatic rings. The third-order valence-electron chi connectivity index (χ3n) is 5.61. The highest BCUT2D eigenvalue weighted by Crippen LogP contribution is 2.29. The largest absolute Gasteiger partial charge is 0.416 e. The number of rotatable bonds is 6. The summed E-state index contributed by atoms with van der Waals surface area (Å²) in [4.78, 5) is 37.4. The van der Waals surface area contributed by atoms with Gasteiger partial charge in [0.2, 0.25) is 27.7 Å². The maximum Gasteiger partial charge on any atom is 0.416 e. The van der Waals surface area contributed by atoms with Crippen LogP contribution in [-0.4, -0.2) is 61.0 Å². The van der Waals surface area contributed by atoms with Crippen LogP contribution in [0.15, 0.2) is 53.4 Å². The highest BCUT2D eigenvalue weighted by atomic mass is 32.2. The van der Waals surface area contributed by atoms with E-state index in [9.17, 15) is 36.0 Å². The van der Waals surface area contributed by atoms with Crippen LogP contribution < -0.4 is 10.6 Å². The van der Waals surface area contributed by atoms with Crippen molar-refractivity contribution in [1.82, 2.24) is 14.5 Å². The second-order valence-corrected chi connectivity index (χ2v) is 10.1. The predicted octanol–water partition coefficient (Wildman–Crippen LogP) is 2.20. The van der Waals surface area contributed by atoms with E-state index in [1.807, 2.05) is 0 Å². The van der Waals surface area contributed by atoms with E-state index in [-0.39, 0.29) is 42.9 Å². The van der Waals surface area contributed by atoms with E-state index in [0.717, 1.165) is 16.4 Å². The minimum Gasteiger partial charge on any atom is -0.351 e. The molecular formula is C23H25F3N4O5S. The number of piperazine rings is 1. The number of hydrogen-bond acceptors (Lipinski definition) is 5. The zero-order valence-corrected chi connectivity index (χ0v) is 20.3. The summed E-state index contributed by atoms with van der Waals surface area (Å²) in [6, 6.07) is 8.40. The molecule has 194 valence electrons. The van der Waals surface area contributed by atoms with E-state index in [1.54, 1.807) is 0 Å². The van der Waals surface area contributed by atoms with Gasteiger partial charge in [0.05, 0.1) is 10.5 Å². The minimum absolute atomic E-state index is 0.0845. The molecular weight excluding hydrogens is 501 g/mol. The first-order valence-electron chi connectivity index (χ1n) is 10.9. The molecule has 1 saturated heterocycles. The molecule has 36 heavy (non-hydrogen) atoms. The Kier molecular flexibility index (Phi) is 8.04. The molecule has 1 fully saturated rings. The molecule has 2 aromatic carbocycles. The molecule has 0 bridgehead atoms. The van der Waals surface area contributed by atoms with Crippen molar-refractivity contribution in [3.05, 3.63) is 59.7 Å². The summed E-state index contributed by atoms with van der Waals surface area (Å²) in [5.74, 6) is -1.35. The molecule has 9 nitrogen and oxygen atoms in total. The van der Waals surface area contributed by atoms with Gasteiger partial charge in [-0.25, -0.2) is 8.42 Å². The van der Waals surface area contributed by atoms with Gasteiger partial charge >= 0.3 is 6.18 Å². The maximum absolute atomic E-state index is 13.4. The van der Waals surface area contributed by atoms with E-state index in [0.29, 0.717) is 11.3 Å². The molecule has 1 unspecified atom stereocenters. The Bertz CT molecular complexity index is 1230. The Morgan fingerprint density at radius 3 is 2.11 bits per heavy atom. The van der Waals surface area contributed by atoms with Gasteiger partial charge in [-0.2, -0.15) is 17.5 Å². The van der Waals surface area contributed by atoms with Crippen molar-refractivity contribution in [1.29, 1.82) is 0 Å². The van der Waals surface area contributed by atoms with Gasteiger partial charge < -0.3 is 15.5 Å².